The van der Waals surface area contributed by atoms with Gasteiger partial charge in [0.2, 0.25) is 10.0 Å². The molecule has 0 radical (unpaired) electrons. The van der Waals surface area contributed by atoms with Crippen molar-refractivity contribution in [3.05, 3.63) is 59.4 Å². The van der Waals surface area contributed by atoms with E-state index in [0.29, 0.717) is 6.54 Å². The van der Waals surface area contributed by atoms with Gasteiger partial charge in [0.25, 0.3) is 0 Å². The van der Waals surface area contributed by atoms with E-state index in [-0.39, 0.29) is 5.75 Å². The van der Waals surface area contributed by atoms with Crippen LogP contribution in [-0.4, -0.2) is 44.5 Å². The Morgan fingerprint density at radius 1 is 1.19 bits per heavy atom. The van der Waals surface area contributed by atoms with Gasteiger partial charge in [-0.15, -0.1) is 0 Å². The summed E-state index contributed by atoms with van der Waals surface area (Å²) in [5, 5.41) is 3.31. The zero-order chi connectivity index (χ0) is 19.9. The van der Waals surface area contributed by atoms with Gasteiger partial charge in [-0.2, -0.15) is 0 Å². The molecule has 0 amide bonds. The van der Waals surface area contributed by atoms with Crippen LogP contribution >= 0.6 is 0 Å². The maximum absolute atomic E-state index is 11.6. The Hall–Kier alpha value is -2.32. The highest BCUT2D eigenvalue weighted by molar-refractivity contribution is 7.88. The van der Waals surface area contributed by atoms with E-state index in [1.165, 1.54) is 12.7 Å². The van der Waals surface area contributed by atoms with Crippen LogP contribution in [0.2, 0.25) is 0 Å². The second-order valence-corrected chi connectivity index (χ2v) is 8.34. The van der Waals surface area contributed by atoms with Gasteiger partial charge in [0.1, 0.15) is 0 Å². The lowest BCUT2D eigenvalue weighted by Gasteiger charge is -2.22. The van der Waals surface area contributed by atoms with E-state index in [0.717, 1.165) is 30.2 Å². The summed E-state index contributed by atoms with van der Waals surface area (Å²) < 4.78 is 27.7. The Morgan fingerprint density at radius 2 is 1.85 bits per heavy atom. The number of sulfonamides is 1. The quantitative estimate of drug-likeness (QED) is 0.530. The van der Waals surface area contributed by atoms with Crippen LogP contribution in [-0.2, 0) is 35.9 Å². The summed E-state index contributed by atoms with van der Waals surface area (Å²) >= 11 is 0. The molecule has 1 heterocycles. The fourth-order valence-corrected chi connectivity index (χ4v) is 3.42. The van der Waals surface area contributed by atoms with E-state index in [1.807, 2.05) is 57.5 Å². The lowest BCUT2D eigenvalue weighted by molar-refractivity contribution is 0.462. The normalized spacial score (nSPS) is 12.2. The molecule has 0 saturated carbocycles. The first-order valence-electron chi connectivity index (χ1n) is 8.93. The molecule has 0 aliphatic carbocycles. The van der Waals surface area contributed by atoms with E-state index in [1.54, 1.807) is 0 Å². The molecule has 2 N–H and O–H groups in total. The minimum absolute atomic E-state index is 0.0188. The van der Waals surface area contributed by atoms with E-state index in [9.17, 15) is 8.42 Å². The molecule has 0 aliphatic heterocycles. The number of aryl methyl sites for hydroxylation is 1. The number of aromatic nitrogens is 1. The number of rotatable bonds is 8. The number of hydrogen-bond acceptors (Lipinski definition) is 3. The standard InChI is InChI=1S/C19H29N5O2S/c1-5-21-19(24(4)14-18-7-6-12-23(18)3)22-13-16-8-10-17(11-9-16)15-27(25,26)20-2/h6-12,20H,5,13-15H2,1-4H3,(H,21,22). The molecule has 0 fully saturated rings. The summed E-state index contributed by atoms with van der Waals surface area (Å²) in [5.41, 5.74) is 2.99. The maximum Gasteiger partial charge on any atom is 0.215 e. The summed E-state index contributed by atoms with van der Waals surface area (Å²) in [7, 11) is 2.21. The fraction of sp³-hybridized carbons (Fsp3) is 0.421. The van der Waals surface area contributed by atoms with Gasteiger partial charge in [0.05, 0.1) is 18.8 Å². The molecular weight excluding hydrogens is 362 g/mol. The molecule has 2 aromatic rings. The number of nitrogens with one attached hydrogen (secondary N) is 2. The van der Waals surface area contributed by atoms with Crippen LogP contribution in [0.15, 0.2) is 47.6 Å². The highest BCUT2D eigenvalue weighted by Gasteiger charge is 2.10. The van der Waals surface area contributed by atoms with Gasteiger partial charge in [0.15, 0.2) is 5.96 Å². The van der Waals surface area contributed by atoms with Crippen molar-refractivity contribution in [2.75, 3.05) is 20.6 Å². The Balaban J connectivity index is 2.04. The molecule has 1 aromatic carbocycles. The van der Waals surface area contributed by atoms with Crippen LogP contribution in [0.3, 0.4) is 0 Å². The van der Waals surface area contributed by atoms with Gasteiger partial charge < -0.3 is 14.8 Å². The number of guanidine groups is 1. The van der Waals surface area contributed by atoms with Crippen LogP contribution < -0.4 is 10.0 Å². The third-order valence-corrected chi connectivity index (χ3v) is 5.58. The number of hydrogen-bond donors (Lipinski definition) is 2. The SMILES string of the molecule is CCNC(=NCc1ccc(CS(=O)(=O)NC)cc1)N(C)Cc1cccn1C. The molecule has 0 unspecified atom stereocenters. The van der Waals surface area contributed by atoms with E-state index >= 15 is 0 Å². The molecule has 27 heavy (non-hydrogen) atoms. The van der Waals surface area contributed by atoms with Gasteiger partial charge in [-0.3, -0.25) is 0 Å². The second-order valence-electron chi connectivity index (χ2n) is 6.42. The largest absolute Gasteiger partial charge is 0.357 e. The van der Waals surface area contributed by atoms with Crippen LogP contribution in [0.4, 0.5) is 0 Å². The van der Waals surface area contributed by atoms with Crippen LogP contribution in [0, 0.1) is 0 Å². The lowest BCUT2D eigenvalue weighted by atomic mass is 10.1. The molecule has 8 heteroatoms. The van der Waals surface area contributed by atoms with Crippen molar-refractivity contribution >= 4 is 16.0 Å². The van der Waals surface area contributed by atoms with Crippen molar-refractivity contribution in [2.24, 2.45) is 12.0 Å². The fourth-order valence-electron chi connectivity index (χ4n) is 2.65. The van der Waals surface area contributed by atoms with Crippen LogP contribution in [0.5, 0.6) is 0 Å². The van der Waals surface area contributed by atoms with Crippen molar-refractivity contribution < 1.29 is 8.42 Å². The minimum Gasteiger partial charge on any atom is -0.357 e. The summed E-state index contributed by atoms with van der Waals surface area (Å²) in [4.78, 5) is 6.80. The molecule has 0 spiro atoms. The van der Waals surface area contributed by atoms with Gasteiger partial charge >= 0.3 is 0 Å². The predicted octanol–water partition coefficient (Wildman–Crippen LogP) is 1.67. The van der Waals surface area contributed by atoms with Crippen LogP contribution in [0.25, 0.3) is 0 Å². The molecule has 148 valence electrons. The Morgan fingerprint density at radius 3 is 2.41 bits per heavy atom. The minimum atomic E-state index is -3.25. The first kappa shape index (κ1) is 21.0. The summed E-state index contributed by atoms with van der Waals surface area (Å²) in [6.45, 7) is 4.12. The molecule has 7 nitrogen and oxygen atoms in total. The highest BCUT2D eigenvalue weighted by Crippen LogP contribution is 2.10. The average molecular weight is 392 g/mol. The number of aliphatic imine (C=N–C) groups is 1. The lowest BCUT2D eigenvalue weighted by Crippen LogP contribution is -2.38. The Kier molecular flexibility index (Phi) is 7.44. The molecule has 0 saturated heterocycles. The summed E-state index contributed by atoms with van der Waals surface area (Å²) in [6.07, 6.45) is 2.03. The maximum atomic E-state index is 11.6. The van der Waals surface area contributed by atoms with Crippen molar-refractivity contribution in [2.45, 2.75) is 25.8 Å². The number of benzene rings is 1. The van der Waals surface area contributed by atoms with E-state index < -0.39 is 10.0 Å². The molecule has 0 bridgehead atoms. The Bertz CT molecular complexity index is 856. The molecule has 0 aliphatic rings. The predicted molar refractivity (Wildman–Crippen MR) is 110 cm³/mol. The molecule has 0 atom stereocenters. The van der Waals surface area contributed by atoms with Crippen molar-refractivity contribution in [1.82, 2.24) is 19.5 Å². The summed E-state index contributed by atoms with van der Waals surface area (Å²) in [6, 6.07) is 11.6. The monoisotopic (exact) mass is 391 g/mol. The molecule has 2 rings (SSSR count). The third kappa shape index (κ3) is 6.41. The van der Waals surface area contributed by atoms with E-state index in [4.69, 9.17) is 4.99 Å². The summed E-state index contributed by atoms with van der Waals surface area (Å²) in [5.74, 6) is 0.815. The Labute approximate surface area is 162 Å². The topological polar surface area (TPSA) is 78.7 Å². The second kappa shape index (κ2) is 9.57. The van der Waals surface area contributed by atoms with Crippen molar-refractivity contribution in [3.8, 4) is 0 Å². The highest BCUT2D eigenvalue weighted by atomic mass is 32.2. The first-order valence-corrected chi connectivity index (χ1v) is 10.6. The number of nitrogens with zero attached hydrogens (tertiary/aromatic N) is 3. The average Bonchev–Trinajstić information content (AvgIpc) is 3.04. The zero-order valence-electron chi connectivity index (χ0n) is 16.4. The third-order valence-electron chi connectivity index (χ3n) is 4.25. The zero-order valence-corrected chi connectivity index (χ0v) is 17.3. The van der Waals surface area contributed by atoms with Crippen molar-refractivity contribution in [3.63, 3.8) is 0 Å². The van der Waals surface area contributed by atoms with Gasteiger partial charge in [-0.1, -0.05) is 24.3 Å². The van der Waals surface area contributed by atoms with E-state index in [2.05, 4.69) is 25.6 Å². The van der Waals surface area contributed by atoms with Crippen molar-refractivity contribution in [1.29, 1.82) is 0 Å². The van der Waals surface area contributed by atoms with Gasteiger partial charge in [-0.05, 0) is 37.2 Å². The molecule has 1 aromatic heterocycles. The van der Waals surface area contributed by atoms with Gasteiger partial charge in [-0.25, -0.2) is 18.1 Å². The van der Waals surface area contributed by atoms with Gasteiger partial charge in [0, 0.05) is 32.5 Å². The smallest absolute Gasteiger partial charge is 0.215 e. The van der Waals surface area contributed by atoms with Crippen LogP contribution in [0.1, 0.15) is 23.7 Å². The molecular formula is C19H29N5O2S. The first-order chi connectivity index (χ1) is 12.8.